The molecule has 0 aliphatic carbocycles. The van der Waals surface area contributed by atoms with Gasteiger partial charge < -0.3 is 20.5 Å². The van der Waals surface area contributed by atoms with Crippen molar-refractivity contribution in [2.45, 2.75) is 25.5 Å². The van der Waals surface area contributed by atoms with E-state index in [0.29, 0.717) is 13.0 Å². The van der Waals surface area contributed by atoms with Gasteiger partial charge in [-0.3, -0.25) is 4.79 Å². The van der Waals surface area contributed by atoms with Crippen LogP contribution in [0, 0.1) is 0 Å². The van der Waals surface area contributed by atoms with Crippen LogP contribution in [-0.2, 0) is 20.9 Å². The standard InChI is InChI=1S/C16H20N2O5/c1-2-14(19)17-10-6-9-13(15(20)21)18-16(22)23-11-12-7-4-3-5-8-12/h2-5,7-8,13H,1,6,9-11H2,(H,17,19)(H,18,22)(H,20,21)/t13-/m0/s1. The van der Waals surface area contributed by atoms with E-state index in [1.54, 1.807) is 12.1 Å². The largest absolute Gasteiger partial charge is 0.480 e. The number of nitrogens with one attached hydrogen (secondary N) is 2. The Bertz CT molecular complexity index is 545. The number of alkyl carbamates (subject to hydrolysis) is 1. The molecule has 0 saturated carbocycles. The first-order chi connectivity index (χ1) is 11.0. The highest BCUT2D eigenvalue weighted by Gasteiger charge is 2.20. The third-order valence-electron chi connectivity index (χ3n) is 2.96. The predicted octanol–water partition coefficient (Wildman–Crippen LogP) is 1.45. The molecule has 0 unspecified atom stereocenters. The maximum Gasteiger partial charge on any atom is 0.408 e. The van der Waals surface area contributed by atoms with Crippen molar-refractivity contribution in [3.8, 4) is 0 Å². The summed E-state index contributed by atoms with van der Waals surface area (Å²) in [4.78, 5) is 33.7. The maximum atomic E-state index is 11.6. The van der Waals surface area contributed by atoms with E-state index in [9.17, 15) is 14.4 Å². The molecule has 7 nitrogen and oxygen atoms in total. The molecule has 1 aromatic rings. The molecular weight excluding hydrogens is 300 g/mol. The summed E-state index contributed by atoms with van der Waals surface area (Å²) in [5.41, 5.74) is 0.807. The van der Waals surface area contributed by atoms with Crippen LogP contribution in [0.5, 0.6) is 0 Å². The topological polar surface area (TPSA) is 105 Å². The molecule has 0 aliphatic rings. The van der Waals surface area contributed by atoms with Crippen LogP contribution in [0.3, 0.4) is 0 Å². The SMILES string of the molecule is C=CC(=O)NCCC[C@H](NC(=O)OCc1ccccc1)C(=O)O. The molecule has 3 N–H and O–H groups in total. The van der Waals surface area contributed by atoms with Crippen molar-refractivity contribution >= 4 is 18.0 Å². The Hall–Kier alpha value is -2.83. The van der Waals surface area contributed by atoms with Crippen molar-refractivity contribution in [2.75, 3.05) is 6.54 Å². The Morgan fingerprint density at radius 1 is 1.26 bits per heavy atom. The molecule has 23 heavy (non-hydrogen) atoms. The molecule has 1 rings (SSSR count). The van der Waals surface area contributed by atoms with Crippen molar-refractivity contribution < 1.29 is 24.2 Å². The minimum atomic E-state index is -1.16. The van der Waals surface area contributed by atoms with Gasteiger partial charge in [0.15, 0.2) is 0 Å². The molecule has 0 aromatic heterocycles. The van der Waals surface area contributed by atoms with Crippen LogP contribution in [0.25, 0.3) is 0 Å². The second-order valence-corrected chi connectivity index (χ2v) is 4.73. The van der Waals surface area contributed by atoms with Gasteiger partial charge >= 0.3 is 12.1 Å². The van der Waals surface area contributed by atoms with Crippen LogP contribution in [-0.4, -0.2) is 35.7 Å². The van der Waals surface area contributed by atoms with Gasteiger partial charge in [-0.15, -0.1) is 0 Å². The summed E-state index contributed by atoms with van der Waals surface area (Å²) in [6, 6.07) is 7.99. The first-order valence-electron chi connectivity index (χ1n) is 7.13. The summed E-state index contributed by atoms with van der Waals surface area (Å²) in [5, 5.41) is 13.9. The van der Waals surface area contributed by atoms with Gasteiger partial charge in [-0.2, -0.15) is 0 Å². The quantitative estimate of drug-likeness (QED) is 0.472. The average Bonchev–Trinajstić information content (AvgIpc) is 2.56. The monoisotopic (exact) mass is 320 g/mol. The number of rotatable bonds is 9. The Labute approximate surface area is 134 Å². The highest BCUT2D eigenvalue weighted by Crippen LogP contribution is 2.02. The van der Waals surface area contributed by atoms with Gasteiger partial charge in [0.2, 0.25) is 5.91 Å². The normalized spacial score (nSPS) is 11.1. The van der Waals surface area contributed by atoms with E-state index in [1.807, 2.05) is 18.2 Å². The third-order valence-corrected chi connectivity index (χ3v) is 2.96. The number of carboxylic acid groups (broad SMARTS) is 1. The zero-order chi connectivity index (χ0) is 17.1. The number of amides is 2. The summed E-state index contributed by atoms with van der Waals surface area (Å²) in [7, 11) is 0. The number of hydrogen-bond donors (Lipinski definition) is 3. The fourth-order valence-electron chi connectivity index (χ4n) is 1.75. The van der Waals surface area contributed by atoms with E-state index in [4.69, 9.17) is 9.84 Å². The van der Waals surface area contributed by atoms with E-state index in [-0.39, 0.29) is 18.9 Å². The molecular formula is C16H20N2O5. The van der Waals surface area contributed by atoms with Gasteiger partial charge in [0, 0.05) is 6.54 Å². The van der Waals surface area contributed by atoms with Gasteiger partial charge in [0.25, 0.3) is 0 Å². The van der Waals surface area contributed by atoms with Crippen molar-refractivity contribution in [1.29, 1.82) is 0 Å². The van der Waals surface area contributed by atoms with E-state index in [1.165, 1.54) is 0 Å². The summed E-state index contributed by atoms with van der Waals surface area (Å²) < 4.78 is 4.97. The van der Waals surface area contributed by atoms with Gasteiger partial charge in [-0.1, -0.05) is 36.9 Å². The molecule has 2 amide bonds. The van der Waals surface area contributed by atoms with E-state index < -0.39 is 18.1 Å². The average molecular weight is 320 g/mol. The molecule has 7 heteroatoms. The predicted molar refractivity (Wildman–Crippen MR) is 83.6 cm³/mol. The second kappa shape index (κ2) is 9.99. The number of carbonyl (C=O) groups is 3. The van der Waals surface area contributed by atoms with Crippen molar-refractivity contribution in [2.24, 2.45) is 0 Å². The van der Waals surface area contributed by atoms with Gasteiger partial charge in [-0.25, -0.2) is 9.59 Å². The Kier molecular flexibility index (Phi) is 7.91. The molecule has 124 valence electrons. The zero-order valence-electron chi connectivity index (χ0n) is 12.7. The molecule has 1 aromatic carbocycles. The summed E-state index contributed by atoms with van der Waals surface area (Å²) in [6.45, 7) is 3.67. The fourth-order valence-corrected chi connectivity index (χ4v) is 1.75. The van der Waals surface area contributed by atoms with E-state index in [2.05, 4.69) is 17.2 Å². The van der Waals surface area contributed by atoms with Crippen molar-refractivity contribution in [3.63, 3.8) is 0 Å². The summed E-state index contributed by atoms with van der Waals surface area (Å²) >= 11 is 0. The molecule has 0 bridgehead atoms. The molecule has 0 saturated heterocycles. The van der Waals surface area contributed by atoms with Crippen LogP contribution in [0.15, 0.2) is 43.0 Å². The number of aliphatic carboxylic acids is 1. The van der Waals surface area contributed by atoms with E-state index in [0.717, 1.165) is 11.6 Å². The van der Waals surface area contributed by atoms with Crippen molar-refractivity contribution in [1.82, 2.24) is 10.6 Å². The summed E-state index contributed by atoms with van der Waals surface area (Å²) in [5.74, 6) is -1.48. The Balaban J connectivity index is 2.33. The minimum absolute atomic E-state index is 0.0639. The number of carboxylic acids is 1. The van der Waals surface area contributed by atoms with Gasteiger partial charge in [0.05, 0.1) is 0 Å². The molecule has 0 fully saturated rings. The van der Waals surface area contributed by atoms with Gasteiger partial charge in [0.1, 0.15) is 12.6 Å². The Morgan fingerprint density at radius 2 is 1.96 bits per heavy atom. The molecule has 0 heterocycles. The molecule has 0 aliphatic heterocycles. The van der Waals surface area contributed by atoms with Crippen LogP contribution in [0.1, 0.15) is 18.4 Å². The van der Waals surface area contributed by atoms with Crippen LogP contribution in [0.2, 0.25) is 0 Å². The lowest BCUT2D eigenvalue weighted by atomic mass is 10.1. The van der Waals surface area contributed by atoms with Crippen LogP contribution in [0.4, 0.5) is 4.79 Å². The van der Waals surface area contributed by atoms with E-state index >= 15 is 0 Å². The number of carbonyl (C=O) groups excluding carboxylic acids is 2. The first-order valence-corrected chi connectivity index (χ1v) is 7.13. The number of benzene rings is 1. The highest BCUT2D eigenvalue weighted by atomic mass is 16.5. The van der Waals surface area contributed by atoms with Crippen LogP contribution >= 0.6 is 0 Å². The third kappa shape index (κ3) is 7.66. The molecule has 0 spiro atoms. The minimum Gasteiger partial charge on any atom is -0.480 e. The zero-order valence-corrected chi connectivity index (χ0v) is 12.7. The fraction of sp³-hybridized carbons (Fsp3) is 0.312. The summed E-state index contributed by atoms with van der Waals surface area (Å²) in [6.07, 6.45) is 0.910. The van der Waals surface area contributed by atoms with Crippen molar-refractivity contribution in [3.05, 3.63) is 48.6 Å². The number of hydrogen-bond acceptors (Lipinski definition) is 4. The lowest BCUT2D eigenvalue weighted by molar-refractivity contribution is -0.139. The van der Waals surface area contributed by atoms with Gasteiger partial charge in [-0.05, 0) is 24.5 Å². The number of ether oxygens (including phenoxy) is 1. The lowest BCUT2D eigenvalue weighted by Gasteiger charge is -2.14. The molecule has 0 radical (unpaired) electrons. The lowest BCUT2D eigenvalue weighted by Crippen LogP contribution is -2.41. The Morgan fingerprint density at radius 3 is 2.57 bits per heavy atom. The second-order valence-electron chi connectivity index (χ2n) is 4.73. The molecule has 1 atom stereocenters. The maximum absolute atomic E-state index is 11.6. The van der Waals surface area contributed by atoms with Crippen LogP contribution < -0.4 is 10.6 Å². The first kappa shape index (κ1) is 18.2. The highest BCUT2D eigenvalue weighted by molar-refractivity contribution is 5.86. The smallest absolute Gasteiger partial charge is 0.408 e.